The minimum Gasteiger partial charge on any atom is -0.395 e. The summed E-state index contributed by atoms with van der Waals surface area (Å²) in [7, 11) is 0. The lowest BCUT2D eigenvalue weighted by atomic mass is 9.95. The molecule has 0 aliphatic rings. The van der Waals surface area contributed by atoms with E-state index >= 15 is 0 Å². The first-order chi connectivity index (χ1) is 6.35. The van der Waals surface area contributed by atoms with Crippen LogP contribution in [0.3, 0.4) is 0 Å². The van der Waals surface area contributed by atoms with Crippen molar-refractivity contribution in [1.29, 1.82) is 0 Å². The Morgan fingerprint density at radius 3 is 2.29 bits per heavy atom. The minimum atomic E-state index is -1.04. The molecular weight excluding hydrogens is 184 g/mol. The van der Waals surface area contributed by atoms with Gasteiger partial charge in [0.2, 0.25) is 0 Å². The Morgan fingerprint density at radius 1 is 1.43 bits per heavy atom. The number of allylic oxidation sites excluding steroid dienone is 1. The zero-order valence-corrected chi connectivity index (χ0v) is 8.96. The van der Waals surface area contributed by atoms with E-state index in [2.05, 4.69) is 4.74 Å². The van der Waals surface area contributed by atoms with E-state index in [0.717, 1.165) is 0 Å². The first-order valence-electron chi connectivity index (χ1n) is 4.35. The Hall–Kier alpha value is -1.16. The molecule has 4 nitrogen and oxygen atoms in total. The van der Waals surface area contributed by atoms with E-state index in [-0.39, 0.29) is 6.61 Å². The fourth-order valence-corrected chi connectivity index (χ4v) is 0.485. The third-order valence-electron chi connectivity index (χ3n) is 1.89. The fourth-order valence-electron chi connectivity index (χ4n) is 0.485. The van der Waals surface area contributed by atoms with E-state index in [1.807, 2.05) is 0 Å². The number of ether oxygens (including phenoxy) is 1. The van der Waals surface area contributed by atoms with Gasteiger partial charge in [-0.3, -0.25) is 4.79 Å². The van der Waals surface area contributed by atoms with Crippen molar-refractivity contribution >= 4 is 11.9 Å². The summed E-state index contributed by atoms with van der Waals surface area (Å²) < 4.78 is 4.55. The molecule has 0 fully saturated rings. The third-order valence-corrected chi connectivity index (χ3v) is 1.89. The first-order valence-corrected chi connectivity index (χ1v) is 4.35. The summed E-state index contributed by atoms with van der Waals surface area (Å²) in [5.41, 5.74) is -0.670. The average Bonchev–Trinajstić information content (AvgIpc) is 2.16. The second kappa shape index (κ2) is 4.91. The quantitative estimate of drug-likeness (QED) is 0.420. The maximum atomic E-state index is 11.3. The van der Waals surface area contributed by atoms with Gasteiger partial charge in [-0.15, -0.1) is 0 Å². The van der Waals surface area contributed by atoms with E-state index in [9.17, 15) is 9.59 Å². The van der Waals surface area contributed by atoms with E-state index in [0.29, 0.717) is 5.57 Å². The molecule has 0 aliphatic carbocycles. The Kier molecular flexibility index (Phi) is 4.50. The van der Waals surface area contributed by atoms with Crippen molar-refractivity contribution in [2.24, 2.45) is 5.41 Å². The second-order valence-electron chi connectivity index (χ2n) is 3.69. The number of rotatable bonds is 3. The molecule has 0 atom stereocenters. The van der Waals surface area contributed by atoms with Gasteiger partial charge in [0.1, 0.15) is 0 Å². The predicted octanol–water partition coefficient (Wildman–Crippen LogP) is 1.04. The number of esters is 2. The Labute approximate surface area is 83.6 Å². The zero-order chi connectivity index (χ0) is 11.4. The van der Waals surface area contributed by atoms with Gasteiger partial charge in [-0.25, -0.2) is 4.79 Å². The van der Waals surface area contributed by atoms with Crippen LogP contribution in [0.15, 0.2) is 11.6 Å². The summed E-state index contributed by atoms with van der Waals surface area (Å²) in [4.78, 5) is 22.5. The number of aliphatic hydroxyl groups is 1. The van der Waals surface area contributed by atoms with Crippen molar-refractivity contribution < 1.29 is 19.4 Å². The highest BCUT2D eigenvalue weighted by Gasteiger charge is 2.30. The van der Waals surface area contributed by atoms with Crippen LogP contribution in [-0.2, 0) is 14.3 Å². The summed E-state index contributed by atoms with van der Waals surface area (Å²) in [5, 5.41) is 8.85. The van der Waals surface area contributed by atoms with Crippen molar-refractivity contribution in [2.45, 2.75) is 27.7 Å². The molecule has 0 amide bonds. The van der Waals surface area contributed by atoms with Crippen molar-refractivity contribution in [3.05, 3.63) is 11.6 Å². The van der Waals surface area contributed by atoms with Gasteiger partial charge in [-0.1, -0.05) is 6.08 Å². The van der Waals surface area contributed by atoms with Crippen LogP contribution in [0.25, 0.3) is 0 Å². The van der Waals surface area contributed by atoms with Gasteiger partial charge < -0.3 is 9.84 Å². The third kappa shape index (κ3) is 3.30. The molecule has 1 N–H and O–H groups in total. The predicted molar refractivity (Wildman–Crippen MR) is 51.4 cm³/mol. The molecule has 0 unspecified atom stereocenters. The highest BCUT2D eigenvalue weighted by atomic mass is 16.6. The molecule has 0 spiro atoms. The summed E-state index contributed by atoms with van der Waals surface area (Å²) >= 11 is 0. The highest BCUT2D eigenvalue weighted by Crippen LogP contribution is 2.16. The molecule has 80 valence electrons. The van der Waals surface area contributed by atoms with Crippen LogP contribution >= 0.6 is 0 Å². The van der Waals surface area contributed by atoms with Crippen LogP contribution < -0.4 is 0 Å². The first kappa shape index (κ1) is 12.8. The number of aliphatic hydroxyl groups excluding tert-OH is 1. The van der Waals surface area contributed by atoms with Gasteiger partial charge in [0.25, 0.3) is 0 Å². The van der Waals surface area contributed by atoms with Gasteiger partial charge in [0.05, 0.1) is 12.0 Å². The average molecular weight is 200 g/mol. The van der Waals surface area contributed by atoms with E-state index in [4.69, 9.17) is 5.11 Å². The molecule has 0 saturated heterocycles. The van der Waals surface area contributed by atoms with Crippen molar-refractivity contribution in [3.63, 3.8) is 0 Å². The lowest BCUT2D eigenvalue weighted by molar-refractivity contribution is -0.165. The standard InChI is InChI=1S/C10H16O4/c1-5-7(2)8(12)14-9(13)10(3,4)6-11/h5,11H,6H2,1-4H3. The van der Waals surface area contributed by atoms with Crippen molar-refractivity contribution in [3.8, 4) is 0 Å². The Balaban J connectivity index is 4.42. The molecule has 0 saturated carbocycles. The fraction of sp³-hybridized carbons (Fsp3) is 0.600. The van der Waals surface area contributed by atoms with Crippen LogP contribution in [0.2, 0.25) is 0 Å². The van der Waals surface area contributed by atoms with Crippen LogP contribution in [0.5, 0.6) is 0 Å². The van der Waals surface area contributed by atoms with Crippen LogP contribution in [0.4, 0.5) is 0 Å². The monoisotopic (exact) mass is 200 g/mol. The number of hydrogen-bond donors (Lipinski definition) is 1. The minimum absolute atomic E-state index is 0.353. The molecule has 0 aromatic rings. The molecule has 0 radical (unpaired) electrons. The van der Waals surface area contributed by atoms with Gasteiger partial charge in [-0.2, -0.15) is 0 Å². The summed E-state index contributed by atoms with van der Waals surface area (Å²) in [6.45, 7) is 5.90. The normalized spacial score (nSPS) is 12.5. The SMILES string of the molecule is CC=C(C)C(=O)OC(=O)C(C)(C)CO. The number of carbonyl (C=O) groups is 2. The van der Waals surface area contributed by atoms with Crippen LogP contribution in [0.1, 0.15) is 27.7 Å². The molecule has 0 rings (SSSR count). The lowest BCUT2D eigenvalue weighted by Gasteiger charge is -2.18. The summed E-state index contributed by atoms with van der Waals surface area (Å²) in [6.07, 6.45) is 1.56. The van der Waals surface area contributed by atoms with E-state index in [1.54, 1.807) is 19.9 Å². The van der Waals surface area contributed by atoms with E-state index < -0.39 is 17.4 Å². The molecule has 14 heavy (non-hydrogen) atoms. The topological polar surface area (TPSA) is 63.6 Å². The highest BCUT2D eigenvalue weighted by molar-refractivity contribution is 5.97. The number of carbonyl (C=O) groups excluding carboxylic acids is 2. The van der Waals surface area contributed by atoms with Gasteiger partial charge in [0, 0.05) is 5.57 Å². The van der Waals surface area contributed by atoms with Gasteiger partial charge >= 0.3 is 11.9 Å². The van der Waals surface area contributed by atoms with Gasteiger partial charge in [0.15, 0.2) is 0 Å². The number of hydrogen-bond acceptors (Lipinski definition) is 4. The molecule has 0 aromatic heterocycles. The molecule has 0 bridgehead atoms. The second-order valence-corrected chi connectivity index (χ2v) is 3.69. The molecule has 0 aliphatic heterocycles. The van der Waals surface area contributed by atoms with Gasteiger partial charge in [-0.05, 0) is 27.7 Å². The maximum Gasteiger partial charge on any atom is 0.341 e. The molecule has 0 heterocycles. The van der Waals surface area contributed by atoms with Crippen molar-refractivity contribution in [2.75, 3.05) is 6.61 Å². The van der Waals surface area contributed by atoms with Crippen LogP contribution in [-0.4, -0.2) is 23.7 Å². The largest absolute Gasteiger partial charge is 0.395 e. The summed E-state index contributed by atoms with van der Waals surface area (Å²) in [6, 6.07) is 0. The molecule has 4 heteroatoms. The lowest BCUT2D eigenvalue weighted by Crippen LogP contribution is -2.32. The Morgan fingerprint density at radius 2 is 1.93 bits per heavy atom. The maximum absolute atomic E-state index is 11.3. The molecular formula is C10H16O4. The molecule has 0 aromatic carbocycles. The Bertz CT molecular complexity index is 263. The van der Waals surface area contributed by atoms with Crippen molar-refractivity contribution in [1.82, 2.24) is 0 Å². The van der Waals surface area contributed by atoms with E-state index in [1.165, 1.54) is 13.8 Å². The zero-order valence-electron chi connectivity index (χ0n) is 8.96. The summed E-state index contributed by atoms with van der Waals surface area (Å²) in [5.74, 6) is -1.38. The van der Waals surface area contributed by atoms with Crippen LogP contribution in [0, 0.1) is 5.41 Å². The smallest absolute Gasteiger partial charge is 0.341 e.